The lowest BCUT2D eigenvalue weighted by Gasteiger charge is -2.49. The molecule has 21 heavy (non-hydrogen) atoms. The molecule has 0 unspecified atom stereocenters. The summed E-state index contributed by atoms with van der Waals surface area (Å²) in [6, 6.07) is -0.380. The molecule has 0 aromatic carbocycles. The number of rotatable bonds is 4. The smallest absolute Gasteiger partial charge is 0.321 e. The van der Waals surface area contributed by atoms with E-state index in [4.69, 9.17) is 0 Å². The van der Waals surface area contributed by atoms with Crippen LogP contribution in [0, 0.1) is 0 Å². The van der Waals surface area contributed by atoms with Crippen LogP contribution in [-0.4, -0.2) is 55.1 Å². The Morgan fingerprint density at radius 2 is 2.00 bits per heavy atom. The molecule has 3 amide bonds. The lowest BCUT2D eigenvalue weighted by atomic mass is 9.79. The number of imide groups is 1. The van der Waals surface area contributed by atoms with Crippen molar-refractivity contribution < 1.29 is 9.59 Å². The Kier molecular flexibility index (Phi) is 5.99. The van der Waals surface area contributed by atoms with Gasteiger partial charge >= 0.3 is 6.03 Å². The van der Waals surface area contributed by atoms with E-state index in [1.165, 1.54) is 19.3 Å². The molecule has 6 heteroatoms. The van der Waals surface area contributed by atoms with Crippen molar-refractivity contribution in [1.29, 1.82) is 0 Å². The zero-order chi connectivity index (χ0) is 15.1. The highest BCUT2D eigenvalue weighted by Gasteiger charge is 2.40. The van der Waals surface area contributed by atoms with Gasteiger partial charge in [-0.15, -0.1) is 0 Å². The second kappa shape index (κ2) is 7.75. The average Bonchev–Trinajstić information content (AvgIpc) is 2.48. The van der Waals surface area contributed by atoms with E-state index in [1.54, 1.807) is 0 Å². The predicted molar refractivity (Wildman–Crippen MR) is 82.1 cm³/mol. The number of hydrogen-bond acceptors (Lipinski definition) is 4. The van der Waals surface area contributed by atoms with Crippen LogP contribution in [0.4, 0.5) is 4.79 Å². The van der Waals surface area contributed by atoms with E-state index in [0.717, 1.165) is 38.9 Å². The Hall–Kier alpha value is -1.14. The van der Waals surface area contributed by atoms with E-state index in [9.17, 15) is 9.59 Å². The van der Waals surface area contributed by atoms with E-state index in [0.29, 0.717) is 13.1 Å². The molecular formula is C15H28N4O2. The normalized spacial score (nSPS) is 22.0. The first-order chi connectivity index (χ1) is 10.2. The van der Waals surface area contributed by atoms with Crippen molar-refractivity contribution in [2.45, 2.75) is 51.0 Å². The number of urea groups is 1. The second-order valence-electron chi connectivity index (χ2n) is 6.19. The third kappa shape index (κ3) is 4.41. The highest BCUT2D eigenvalue weighted by Crippen LogP contribution is 2.34. The van der Waals surface area contributed by atoms with Gasteiger partial charge in [-0.05, 0) is 19.3 Å². The number of carbonyl (C=O) groups excluding carboxylic acids is 2. The second-order valence-corrected chi connectivity index (χ2v) is 6.19. The summed E-state index contributed by atoms with van der Waals surface area (Å²) in [7, 11) is 0. The third-order valence-corrected chi connectivity index (χ3v) is 4.59. The lowest BCUT2D eigenvalue weighted by Crippen LogP contribution is -2.63. The molecular weight excluding hydrogens is 268 g/mol. The number of nitrogens with one attached hydrogen (secondary N) is 3. The first kappa shape index (κ1) is 16.2. The van der Waals surface area contributed by atoms with Crippen LogP contribution in [0.25, 0.3) is 0 Å². The topological polar surface area (TPSA) is 73.5 Å². The van der Waals surface area contributed by atoms with Gasteiger partial charge in [-0.3, -0.25) is 15.0 Å². The van der Waals surface area contributed by atoms with Gasteiger partial charge < -0.3 is 10.6 Å². The van der Waals surface area contributed by atoms with Crippen molar-refractivity contribution in [3.8, 4) is 0 Å². The highest BCUT2D eigenvalue weighted by atomic mass is 16.2. The summed E-state index contributed by atoms with van der Waals surface area (Å²) in [5.74, 6) is -0.199. The SMILES string of the molecule is CCCNC(=O)NC(=O)CN1CCNCC12CCCCC2. The predicted octanol–water partition coefficient (Wildman–Crippen LogP) is 0.830. The van der Waals surface area contributed by atoms with Gasteiger partial charge in [-0.25, -0.2) is 4.79 Å². The monoisotopic (exact) mass is 296 g/mol. The average molecular weight is 296 g/mol. The standard InChI is InChI=1S/C15H28N4O2/c1-2-8-17-14(21)18-13(20)11-19-10-9-16-12-15(19)6-4-3-5-7-15/h16H,2-12H2,1H3,(H2,17,18,20,21). The number of carbonyl (C=O) groups is 2. The van der Waals surface area contributed by atoms with Crippen LogP contribution in [-0.2, 0) is 4.79 Å². The fourth-order valence-electron chi connectivity index (χ4n) is 3.46. The van der Waals surface area contributed by atoms with Crippen molar-refractivity contribution in [2.75, 3.05) is 32.7 Å². The van der Waals surface area contributed by atoms with E-state index >= 15 is 0 Å². The van der Waals surface area contributed by atoms with Gasteiger partial charge in [-0.2, -0.15) is 0 Å². The molecule has 1 aliphatic carbocycles. The van der Waals surface area contributed by atoms with Crippen molar-refractivity contribution in [3.05, 3.63) is 0 Å². The minimum atomic E-state index is -0.380. The molecule has 0 atom stereocenters. The molecule has 0 radical (unpaired) electrons. The zero-order valence-electron chi connectivity index (χ0n) is 13.0. The summed E-state index contributed by atoms with van der Waals surface area (Å²) in [5.41, 5.74) is 0.119. The van der Waals surface area contributed by atoms with Crippen molar-refractivity contribution in [1.82, 2.24) is 20.9 Å². The molecule has 3 N–H and O–H groups in total. The van der Waals surface area contributed by atoms with Gasteiger partial charge in [0.1, 0.15) is 0 Å². The van der Waals surface area contributed by atoms with E-state index in [1.807, 2.05) is 6.92 Å². The molecule has 1 aliphatic heterocycles. The van der Waals surface area contributed by atoms with Crippen LogP contribution in [0.5, 0.6) is 0 Å². The van der Waals surface area contributed by atoms with Crippen LogP contribution in [0.2, 0.25) is 0 Å². The summed E-state index contributed by atoms with van der Waals surface area (Å²) in [6.45, 7) is 5.65. The molecule has 1 spiro atoms. The quantitative estimate of drug-likeness (QED) is 0.718. The molecule has 1 saturated carbocycles. The van der Waals surface area contributed by atoms with Crippen LogP contribution in [0.3, 0.4) is 0 Å². The number of hydrogen-bond donors (Lipinski definition) is 3. The molecule has 2 rings (SSSR count). The van der Waals surface area contributed by atoms with Gasteiger partial charge in [0.2, 0.25) is 5.91 Å². The summed E-state index contributed by atoms with van der Waals surface area (Å²) in [4.78, 5) is 25.9. The van der Waals surface area contributed by atoms with Gasteiger partial charge in [0.25, 0.3) is 0 Å². The molecule has 0 aromatic rings. The van der Waals surface area contributed by atoms with E-state index in [-0.39, 0.29) is 17.5 Å². The maximum absolute atomic E-state index is 12.1. The Labute approximate surface area is 127 Å². The maximum atomic E-state index is 12.1. The first-order valence-electron chi connectivity index (χ1n) is 8.20. The number of amides is 3. The highest BCUT2D eigenvalue weighted by molar-refractivity contribution is 5.95. The van der Waals surface area contributed by atoms with Gasteiger partial charge in [0, 0.05) is 31.7 Å². The van der Waals surface area contributed by atoms with Crippen molar-refractivity contribution in [3.63, 3.8) is 0 Å². The lowest BCUT2D eigenvalue weighted by molar-refractivity contribution is -0.123. The Balaban J connectivity index is 1.87. The molecule has 2 fully saturated rings. The molecule has 1 heterocycles. The van der Waals surface area contributed by atoms with E-state index in [2.05, 4.69) is 20.9 Å². The van der Waals surface area contributed by atoms with Crippen LogP contribution >= 0.6 is 0 Å². The summed E-state index contributed by atoms with van der Waals surface area (Å²) < 4.78 is 0. The van der Waals surface area contributed by atoms with Gasteiger partial charge in [-0.1, -0.05) is 26.2 Å². The molecule has 1 saturated heterocycles. The van der Waals surface area contributed by atoms with Gasteiger partial charge in [0.05, 0.1) is 6.54 Å². The van der Waals surface area contributed by atoms with Crippen LogP contribution < -0.4 is 16.0 Å². The number of nitrogens with zero attached hydrogens (tertiary/aromatic N) is 1. The molecule has 120 valence electrons. The Morgan fingerprint density at radius 1 is 1.24 bits per heavy atom. The van der Waals surface area contributed by atoms with E-state index < -0.39 is 0 Å². The molecule has 0 aromatic heterocycles. The molecule has 0 bridgehead atoms. The Morgan fingerprint density at radius 3 is 2.71 bits per heavy atom. The molecule has 2 aliphatic rings. The van der Waals surface area contributed by atoms with Crippen LogP contribution in [0.1, 0.15) is 45.4 Å². The van der Waals surface area contributed by atoms with Crippen LogP contribution in [0.15, 0.2) is 0 Å². The third-order valence-electron chi connectivity index (χ3n) is 4.59. The summed E-state index contributed by atoms with van der Waals surface area (Å²) in [6.07, 6.45) is 6.92. The summed E-state index contributed by atoms with van der Waals surface area (Å²) >= 11 is 0. The fourth-order valence-corrected chi connectivity index (χ4v) is 3.46. The zero-order valence-corrected chi connectivity index (χ0v) is 13.0. The van der Waals surface area contributed by atoms with Crippen molar-refractivity contribution >= 4 is 11.9 Å². The molecule has 6 nitrogen and oxygen atoms in total. The minimum Gasteiger partial charge on any atom is -0.338 e. The Bertz CT molecular complexity index is 358. The first-order valence-corrected chi connectivity index (χ1v) is 8.20. The maximum Gasteiger partial charge on any atom is 0.321 e. The number of piperazine rings is 1. The fraction of sp³-hybridized carbons (Fsp3) is 0.867. The minimum absolute atomic E-state index is 0.119. The summed E-state index contributed by atoms with van der Waals surface area (Å²) in [5, 5.41) is 8.57. The van der Waals surface area contributed by atoms with Gasteiger partial charge in [0.15, 0.2) is 0 Å². The largest absolute Gasteiger partial charge is 0.338 e. The van der Waals surface area contributed by atoms with Crippen molar-refractivity contribution in [2.24, 2.45) is 0 Å².